The van der Waals surface area contributed by atoms with Crippen molar-refractivity contribution in [2.45, 2.75) is 25.2 Å². The van der Waals surface area contributed by atoms with Gasteiger partial charge in [-0.3, -0.25) is 9.89 Å². The smallest absolute Gasteiger partial charge is 0.270 e. The quantitative estimate of drug-likeness (QED) is 0.544. The van der Waals surface area contributed by atoms with Gasteiger partial charge < -0.3 is 9.88 Å². The fraction of sp³-hybridized carbons (Fsp3) is 0.250. The van der Waals surface area contributed by atoms with Crippen LogP contribution in [-0.2, 0) is 6.42 Å². The third-order valence-corrected chi connectivity index (χ3v) is 5.94. The maximum Gasteiger partial charge on any atom is 0.270 e. The zero-order valence-corrected chi connectivity index (χ0v) is 16.3. The number of nitrogens with zero attached hydrogens (tertiary/aromatic N) is 2. The van der Waals surface area contributed by atoms with E-state index < -0.39 is 0 Å². The van der Waals surface area contributed by atoms with E-state index in [1.807, 2.05) is 47.5 Å². The van der Waals surface area contributed by atoms with Crippen LogP contribution in [0.4, 0.5) is 0 Å². The van der Waals surface area contributed by atoms with E-state index in [1.165, 1.54) is 16.8 Å². The summed E-state index contributed by atoms with van der Waals surface area (Å²) >= 11 is 0. The minimum Gasteiger partial charge on any atom is -0.351 e. The number of aromatic nitrogens is 3. The molecule has 146 valence electrons. The van der Waals surface area contributed by atoms with Crippen molar-refractivity contribution in [1.29, 1.82) is 0 Å². The van der Waals surface area contributed by atoms with Crippen molar-refractivity contribution in [3.63, 3.8) is 0 Å². The molecule has 2 aromatic carbocycles. The van der Waals surface area contributed by atoms with E-state index in [-0.39, 0.29) is 5.91 Å². The minimum absolute atomic E-state index is 0.0915. The summed E-state index contributed by atoms with van der Waals surface area (Å²) in [5, 5.41) is 8.62. The first-order chi connectivity index (χ1) is 14.3. The summed E-state index contributed by atoms with van der Waals surface area (Å²) in [5.41, 5.74) is 5.47. The van der Waals surface area contributed by atoms with E-state index in [0.29, 0.717) is 11.6 Å². The first-order valence-corrected chi connectivity index (χ1v) is 10.2. The Balaban J connectivity index is 1.26. The molecule has 0 radical (unpaired) electrons. The summed E-state index contributed by atoms with van der Waals surface area (Å²) in [5.74, 6) is 0.511. The van der Waals surface area contributed by atoms with Crippen LogP contribution in [0, 0.1) is 0 Å². The summed E-state index contributed by atoms with van der Waals surface area (Å²) < 4.78 is 0. The molecule has 5 rings (SSSR count). The van der Waals surface area contributed by atoms with Crippen LogP contribution >= 0.6 is 0 Å². The molecule has 4 aromatic rings. The molecule has 0 aliphatic carbocycles. The number of nitrogens with one attached hydrogen (secondary N) is 2. The summed E-state index contributed by atoms with van der Waals surface area (Å²) in [4.78, 5) is 18.2. The number of fused-ring (bicyclic) bond motifs is 1. The monoisotopic (exact) mass is 384 g/mol. The highest BCUT2D eigenvalue weighted by molar-refractivity contribution is 5.98. The molecule has 5 nitrogen and oxygen atoms in total. The number of carbonyl (C=O) groups excluding carboxylic acids is 1. The topological polar surface area (TPSA) is 64.8 Å². The fourth-order valence-electron chi connectivity index (χ4n) is 4.36. The van der Waals surface area contributed by atoms with Gasteiger partial charge in [-0.2, -0.15) is 5.10 Å². The van der Waals surface area contributed by atoms with E-state index >= 15 is 0 Å². The number of benzene rings is 2. The van der Waals surface area contributed by atoms with E-state index in [4.69, 9.17) is 0 Å². The third-order valence-electron chi connectivity index (χ3n) is 5.94. The van der Waals surface area contributed by atoms with Gasteiger partial charge in [-0.05, 0) is 36.1 Å². The van der Waals surface area contributed by atoms with Gasteiger partial charge in [0.2, 0.25) is 0 Å². The van der Waals surface area contributed by atoms with E-state index in [2.05, 4.69) is 39.4 Å². The van der Waals surface area contributed by atoms with Crippen molar-refractivity contribution < 1.29 is 4.79 Å². The zero-order chi connectivity index (χ0) is 19.6. The number of likely N-dealkylation sites (tertiary alicyclic amines) is 1. The minimum atomic E-state index is 0.0915. The van der Waals surface area contributed by atoms with Crippen LogP contribution in [0.2, 0.25) is 0 Å². The number of aromatic amines is 2. The van der Waals surface area contributed by atoms with Crippen molar-refractivity contribution in [3.05, 3.63) is 89.4 Å². The Morgan fingerprint density at radius 1 is 1.03 bits per heavy atom. The molecule has 1 amide bonds. The van der Waals surface area contributed by atoms with Crippen LogP contribution in [0.25, 0.3) is 10.9 Å². The maximum absolute atomic E-state index is 12.9. The molecule has 0 spiro atoms. The lowest BCUT2D eigenvalue weighted by molar-refractivity contribution is 0.0707. The number of rotatable bonds is 4. The van der Waals surface area contributed by atoms with Crippen LogP contribution in [0.5, 0.6) is 0 Å². The molecule has 0 unspecified atom stereocenters. The Labute approximate surface area is 169 Å². The number of H-pyrrole nitrogens is 2. The van der Waals surface area contributed by atoms with Crippen molar-refractivity contribution >= 4 is 16.8 Å². The Morgan fingerprint density at radius 3 is 2.59 bits per heavy atom. The number of para-hydroxylation sites is 1. The molecule has 1 saturated heterocycles. The van der Waals surface area contributed by atoms with Gasteiger partial charge in [0, 0.05) is 42.0 Å². The van der Waals surface area contributed by atoms with Gasteiger partial charge in [0.05, 0.1) is 6.20 Å². The SMILES string of the molecule is O=C(c1cc2ccccc2[nH]1)N1CCC(c2[nH]ncc2Cc2ccccc2)CC1. The fourth-order valence-corrected chi connectivity index (χ4v) is 4.36. The largest absolute Gasteiger partial charge is 0.351 e. The highest BCUT2D eigenvalue weighted by Gasteiger charge is 2.27. The van der Waals surface area contributed by atoms with Gasteiger partial charge in [-0.25, -0.2) is 0 Å². The Hall–Kier alpha value is -3.34. The lowest BCUT2D eigenvalue weighted by Crippen LogP contribution is -2.38. The highest BCUT2D eigenvalue weighted by Crippen LogP contribution is 2.30. The van der Waals surface area contributed by atoms with E-state index in [1.54, 1.807) is 0 Å². The Bertz CT molecular complexity index is 1090. The molecule has 0 saturated carbocycles. The predicted octanol–water partition coefficient (Wildman–Crippen LogP) is 4.50. The van der Waals surface area contributed by atoms with Crippen molar-refractivity contribution in [3.8, 4) is 0 Å². The number of amides is 1. The highest BCUT2D eigenvalue weighted by atomic mass is 16.2. The first-order valence-electron chi connectivity index (χ1n) is 10.2. The van der Waals surface area contributed by atoms with Crippen LogP contribution in [0.3, 0.4) is 0 Å². The molecule has 2 aromatic heterocycles. The van der Waals surface area contributed by atoms with Crippen molar-refractivity contribution in [1.82, 2.24) is 20.1 Å². The van der Waals surface area contributed by atoms with Crippen molar-refractivity contribution in [2.75, 3.05) is 13.1 Å². The van der Waals surface area contributed by atoms with E-state index in [0.717, 1.165) is 43.3 Å². The second-order valence-electron chi connectivity index (χ2n) is 7.81. The lowest BCUT2D eigenvalue weighted by atomic mass is 9.89. The average Bonchev–Trinajstić information content (AvgIpc) is 3.41. The van der Waals surface area contributed by atoms with Gasteiger partial charge in [0.1, 0.15) is 5.69 Å². The van der Waals surface area contributed by atoms with Gasteiger partial charge >= 0.3 is 0 Å². The molecule has 1 aliphatic heterocycles. The summed E-state index contributed by atoms with van der Waals surface area (Å²) in [6.07, 6.45) is 4.75. The number of carbonyl (C=O) groups is 1. The summed E-state index contributed by atoms with van der Waals surface area (Å²) in [6.45, 7) is 1.53. The number of piperidine rings is 1. The molecule has 29 heavy (non-hydrogen) atoms. The van der Waals surface area contributed by atoms with Crippen LogP contribution < -0.4 is 0 Å². The van der Waals surface area contributed by atoms with Crippen LogP contribution in [-0.4, -0.2) is 39.1 Å². The standard InChI is InChI=1S/C24H24N4O/c29-24(22-15-19-8-4-5-9-21(19)26-22)28-12-10-18(11-13-28)23-20(16-25-27-23)14-17-6-2-1-3-7-17/h1-9,15-16,18,26H,10-14H2,(H,25,27). The Kier molecular flexibility index (Phi) is 4.64. The molecule has 5 heteroatoms. The molecule has 3 heterocycles. The first kappa shape index (κ1) is 17.7. The zero-order valence-electron chi connectivity index (χ0n) is 16.3. The van der Waals surface area contributed by atoms with Gasteiger partial charge in [0.25, 0.3) is 5.91 Å². The normalized spacial score (nSPS) is 15.1. The van der Waals surface area contributed by atoms with Gasteiger partial charge in [-0.15, -0.1) is 0 Å². The summed E-state index contributed by atoms with van der Waals surface area (Å²) in [6, 6.07) is 20.5. The lowest BCUT2D eigenvalue weighted by Gasteiger charge is -2.31. The van der Waals surface area contributed by atoms with Crippen LogP contribution in [0.15, 0.2) is 66.9 Å². The second kappa shape index (κ2) is 7.59. The maximum atomic E-state index is 12.9. The molecule has 1 fully saturated rings. The molecule has 0 atom stereocenters. The van der Waals surface area contributed by atoms with Crippen LogP contribution in [0.1, 0.15) is 46.1 Å². The summed E-state index contributed by atoms with van der Waals surface area (Å²) in [7, 11) is 0. The predicted molar refractivity (Wildman–Crippen MR) is 114 cm³/mol. The molecule has 1 aliphatic rings. The van der Waals surface area contributed by atoms with E-state index in [9.17, 15) is 4.79 Å². The number of hydrogen-bond donors (Lipinski definition) is 2. The second-order valence-corrected chi connectivity index (χ2v) is 7.81. The molecule has 2 N–H and O–H groups in total. The molecule has 0 bridgehead atoms. The molecular formula is C24H24N4O. The Morgan fingerprint density at radius 2 is 1.79 bits per heavy atom. The van der Waals surface area contributed by atoms with Gasteiger partial charge in [0.15, 0.2) is 0 Å². The van der Waals surface area contributed by atoms with Crippen molar-refractivity contribution in [2.24, 2.45) is 0 Å². The number of hydrogen-bond acceptors (Lipinski definition) is 2. The average molecular weight is 384 g/mol. The molecular weight excluding hydrogens is 360 g/mol. The van der Waals surface area contributed by atoms with Gasteiger partial charge in [-0.1, -0.05) is 48.5 Å². The third kappa shape index (κ3) is 3.56.